The minimum atomic E-state index is -0.436. The Morgan fingerprint density at radius 2 is 1.84 bits per heavy atom. The summed E-state index contributed by atoms with van der Waals surface area (Å²) in [5.41, 5.74) is 6.36. The molecule has 25 heavy (non-hydrogen) atoms. The van der Waals surface area contributed by atoms with Gasteiger partial charge in [-0.1, -0.05) is 48.0 Å². The zero-order chi connectivity index (χ0) is 18.2. The maximum atomic E-state index is 11.9. The van der Waals surface area contributed by atoms with Gasteiger partial charge < -0.3 is 4.74 Å². The Balaban J connectivity index is 1.78. The molecule has 5 nitrogen and oxygen atoms in total. The lowest BCUT2D eigenvalue weighted by atomic mass is 9.99. The van der Waals surface area contributed by atoms with Crippen LogP contribution >= 0.6 is 15.9 Å². The first-order chi connectivity index (χ1) is 12.0. The van der Waals surface area contributed by atoms with Crippen molar-refractivity contribution in [3.05, 3.63) is 64.1 Å². The summed E-state index contributed by atoms with van der Waals surface area (Å²) in [5.74, 6) is 0.271. The van der Waals surface area contributed by atoms with Crippen LogP contribution in [0.3, 0.4) is 0 Å². The van der Waals surface area contributed by atoms with Crippen LogP contribution in [0.2, 0.25) is 0 Å². The first kappa shape index (κ1) is 19.0. The SMILES string of the molecule is CCC(C)c1ccc(OCC(=O)NNC(=O)c2cccc(Br)c2)cc1. The number of amides is 2. The van der Waals surface area contributed by atoms with Gasteiger partial charge in [0.1, 0.15) is 5.75 Å². The van der Waals surface area contributed by atoms with Crippen LogP contribution in [-0.2, 0) is 4.79 Å². The Kier molecular flexibility index (Phi) is 7.01. The predicted molar refractivity (Wildman–Crippen MR) is 100 cm³/mol. The van der Waals surface area contributed by atoms with E-state index >= 15 is 0 Å². The van der Waals surface area contributed by atoms with E-state index in [1.165, 1.54) is 5.56 Å². The highest BCUT2D eigenvalue weighted by Gasteiger charge is 2.08. The molecular weight excluding hydrogens is 384 g/mol. The van der Waals surface area contributed by atoms with E-state index < -0.39 is 11.8 Å². The van der Waals surface area contributed by atoms with Gasteiger partial charge in [-0.2, -0.15) is 0 Å². The minimum Gasteiger partial charge on any atom is -0.484 e. The highest BCUT2D eigenvalue weighted by Crippen LogP contribution is 2.21. The smallest absolute Gasteiger partial charge is 0.276 e. The third-order valence-corrected chi connectivity index (χ3v) is 4.33. The normalized spacial score (nSPS) is 11.5. The third kappa shape index (κ3) is 5.90. The highest BCUT2D eigenvalue weighted by molar-refractivity contribution is 9.10. The van der Waals surface area contributed by atoms with Crippen LogP contribution in [0.25, 0.3) is 0 Å². The van der Waals surface area contributed by atoms with Crippen molar-refractivity contribution in [2.45, 2.75) is 26.2 Å². The molecule has 2 rings (SSSR count). The number of nitrogens with one attached hydrogen (secondary N) is 2. The molecule has 0 spiro atoms. The van der Waals surface area contributed by atoms with Gasteiger partial charge in [0.05, 0.1) is 0 Å². The Bertz CT molecular complexity index is 732. The average Bonchev–Trinajstić information content (AvgIpc) is 2.64. The molecule has 132 valence electrons. The summed E-state index contributed by atoms with van der Waals surface area (Å²) in [6.45, 7) is 4.13. The standard InChI is InChI=1S/C19H21BrN2O3/c1-3-13(2)14-7-9-17(10-8-14)25-12-18(23)21-22-19(24)15-5-4-6-16(20)11-15/h4-11,13H,3,12H2,1-2H3,(H,21,23)(H,22,24). The molecule has 0 aliphatic heterocycles. The van der Waals surface area contributed by atoms with Crippen LogP contribution in [0, 0.1) is 0 Å². The zero-order valence-electron chi connectivity index (χ0n) is 14.2. The van der Waals surface area contributed by atoms with Crippen molar-refractivity contribution in [2.24, 2.45) is 0 Å². The Hall–Kier alpha value is -2.34. The molecule has 0 saturated heterocycles. The van der Waals surface area contributed by atoms with Gasteiger partial charge in [0.15, 0.2) is 6.61 Å². The molecular formula is C19H21BrN2O3. The van der Waals surface area contributed by atoms with Gasteiger partial charge in [-0.05, 0) is 48.2 Å². The average molecular weight is 405 g/mol. The molecule has 2 amide bonds. The Labute approximate surface area is 155 Å². The van der Waals surface area contributed by atoms with Crippen LogP contribution in [0.5, 0.6) is 5.75 Å². The maximum Gasteiger partial charge on any atom is 0.276 e. The summed E-state index contributed by atoms with van der Waals surface area (Å²) in [7, 11) is 0. The summed E-state index contributed by atoms with van der Waals surface area (Å²) in [6.07, 6.45) is 1.07. The molecule has 0 heterocycles. The molecule has 2 aromatic rings. The van der Waals surface area contributed by atoms with Crippen LogP contribution in [0.1, 0.15) is 42.1 Å². The fraction of sp³-hybridized carbons (Fsp3) is 0.263. The molecule has 0 fully saturated rings. The maximum absolute atomic E-state index is 11.9. The topological polar surface area (TPSA) is 67.4 Å². The number of halogens is 1. The molecule has 0 bridgehead atoms. The van der Waals surface area contributed by atoms with Gasteiger partial charge in [0, 0.05) is 10.0 Å². The zero-order valence-corrected chi connectivity index (χ0v) is 15.8. The van der Waals surface area contributed by atoms with Crippen molar-refractivity contribution >= 4 is 27.7 Å². The van der Waals surface area contributed by atoms with E-state index in [-0.39, 0.29) is 6.61 Å². The molecule has 2 aromatic carbocycles. The van der Waals surface area contributed by atoms with Gasteiger partial charge in [-0.25, -0.2) is 0 Å². The van der Waals surface area contributed by atoms with E-state index in [4.69, 9.17) is 4.74 Å². The van der Waals surface area contributed by atoms with E-state index in [0.29, 0.717) is 17.2 Å². The second-order valence-corrected chi connectivity index (χ2v) is 6.60. The van der Waals surface area contributed by atoms with Crippen molar-refractivity contribution in [1.29, 1.82) is 0 Å². The number of carbonyl (C=O) groups excluding carboxylic acids is 2. The predicted octanol–water partition coefficient (Wildman–Crippen LogP) is 3.80. The van der Waals surface area contributed by atoms with Crippen molar-refractivity contribution in [2.75, 3.05) is 6.61 Å². The van der Waals surface area contributed by atoms with Crippen LogP contribution < -0.4 is 15.6 Å². The van der Waals surface area contributed by atoms with Gasteiger partial charge in [-0.15, -0.1) is 0 Å². The number of hydrogen-bond acceptors (Lipinski definition) is 3. The van der Waals surface area contributed by atoms with Crippen molar-refractivity contribution in [3.63, 3.8) is 0 Å². The minimum absolute atomic E-state index is 0.179. The molecule has 6 heteroatoms. The summed E-state index contributed by atoms with van der Waals surface area (Å²) in [5, 5.41) is 0. The second-order valence-electron chi connectivity index (χ2n) is 5.68. The fourth-order valence-electron chi connectivity index (χ4n) is 2.14. The lowest BCUT2D eigenvalue weighted by Crippen LogP contribution is -2.43. The molecule has 0 saturated carbocycles. The summed E-state index contributed by atoms with van der Waals surface area (Å²) >= 11 is 3.29. The van der Waals surface area contributed by atoms with Crippen molar-refractivity contribution in [1.82, 2.24) is 10.9 Å². The lowest BCUT2D eigenvalue weighted by molar-refractivity contribution is -0.123. The quantitative estimate of drug-likeness (QED) is 0.719. The molecule has 0 aliphatic carbocycles. The first-order valence-electron chi connectivity index (χ1n) is 8.07. The number of carbonyl (C=O) groups is 2. The van der Waals surface area contributed by atoms with Gasteiger partial charge in [-0.3, -0.25) is 20.4 Å². The molecule has 0 radical (unpaired) electrons. The van der Waals surface area contributed by atoms with E-state index in [2.05, 4.69) is 40.6 Å². The largest absolute Gasteiger partial charge is 0.484 e. The second kappa shape index (κ2) is 9.22. The number of rotatable bonds is 6. The van der Waals surface area contributed by atoms with Crippen molar-refractivity contribution in [3.8, 4) is 5.75 Å². The molecule has 1 atom stereocenters. The molecule has 1 unspecified atom stereocenters. The summed E-state index contributed by atoms with van der Waals surface area (Å²) in [4.78, 5) is 23.7. The molecule has 2 N–H and O–H groups in total. The van der Waals surface area contributed by atoms with Crippen LogP contribution in [0.15, 0.2) is 53.0 Å². The number of benzene rings is 2. The van der Waals surface area contributed by atoms with E-state index in [1.54, 1.807) is 18.2 Å². The van der Waals surface area contributed by atoms with Crippen molar-refractivity contribution < 1.29 is 14.3 Å². The Morgan fingerprint density at radius 1 is 1.12 bits per heavy atom. The van der Waals surface area contributed by atoms with Gasteiger partial charge >= 0.3 is 0 Å². The summed E-state index contributed by atoms with van der Waals surface area (Å²) in [6, 6.07) is 14.6. The monoisotopic (exact) mass is 404 g/mol. The number of hydrogen-bond donors (Lipinski definition) is 2. The first-order valence-corrected chi connectivity index (χ1v) is 8.86. The van der Waals surface area contributed by atoms with Gasteiger partial charge in [0.25, 0.3) is 11.8 Å². The molecule has 0 aliphatic rings. The van der Waals surface area contributed by atoms with E-state index in [1.807, 2.05) is 30.3 Å². The Morgan fingerprint density at radius 3 is 2.48 bits per heavy atom. The summed E-state index contributed by atoms with van der Waals surface area (Å²) < 4.78 is 6.21. The number of ether oxygens (including phenoxy) is 1. The fourth-order valence-corrected chi connectivity index (χ4v) is 2.54. The lowest BCUT2D eigenvalue weighted by Gasteiger charge is -2.11. The van der Waals surface area contributed by atoms with Crippen LogP contribution in [-0.4, -0.2) is 18.4 Å². The van der Waals surface area contributed by atoms with E-state index in [9.17, 15) is 9.59 Å². The number of hydrazine groups is 1. The van der Waals surface area contributed by atoms with E-state index in [0.717, 1.165) is 10.9 Å². The highest BCUT2D eigenvalue weighted by atomic mass is 79.9. The van der Waals surface area contributed by atoms with Crippen LogP contribution in [0.4, 0.5) is 0 Å². The molecule has 0 aromatic heterocycles. The van der Waals surface area contributed by atoms with Gasteiger partial charge in [0.2, 0.25) is 0 Å². The third-order valence-electron chi connectivity index (χ3n) is 3.83.